The molecule has 0 aromatic carbocycles. The molecule has 0 N–H and O–H groups in total. The van der Waals surface area contributed by atoms with Gasteiger partial charge in [-0.1, -0.05) is 22.9 Å². The van der Waals surface area contributed by atoms with Crippen LogP contribution in [0.4, 0.5) is 0 Å². The highest BCUT2D eigenvalue weighted by molar-refractivity contribution is 9.09. The smallest absolute Gasteiger partial charge is 0.159 e. The number of alkyl halides is 1. The summed E-state index contributed by atoms with van der Waals surface area (Å²) in [5.41, 5.74) is 1.17. The van der Waals surface area contributed by atoms with Crippen LogP contribution in [-0.2, 0) is 13.5 Å². The number of hydrogen-bond donors (Lipinski definition) is 0. The number of halogens is 1. The molecule has 3 nitrogen and oxygen atoms in total. The zero-order chi connectivity index (χ0) is 10.6. The molecule has 0 saturated carbocycles. The lowest BCUT2D eigenvalue weighted by atomic mass is 10.1. The zero-order valence-corrected chi connectivity index (χ0v) is 10.5. The second-order valence-corrected chi connectivity index (χ2v) is 4.62. The van der Waals surface area contributed by atoms with Crippen LogP contribution in [-0.4, -0.2) is 21.7 Å². The third-order valence-electron chi connectivity index (χ3n) is 2.38. The molecule has 0 aliphatic carbocycles. The fraction of sp³-hybridized carbons (Fsp3) is 0.700. The van der Waals surface area contributed by atoms with Crippen LogP contribution in [0.25, 0.3) is 0 Å². The van der Waals surface area contributed by atoms with Gasteiger partial charge in [-0.2, -0.15) is 5.10 Å². The molecule has 0 bridgehead atoms. The molecule has 0 radical (unpaired) electrons. The molecule has 0 aliphatic rings. The molecule has 0 aliphatic heterocycles. The van der Waals surface area contributed by atoms with Gasteiger partial charge in [0.1, 0.15) is 0 Å². The molecule has 4 heteroatoms. The molecule has 1 aromatic rings. The molecule has 1 atom stereocenters. The molecule has 1 unspecified atom stereocenters. The fourth-order valence-electron chi connectivity index (χ4n) is 1.40. The van der Waals surface area contributed by atoms with Gasteiger partial charge in [-0.15, -0.1) is 0 Å². The highest BCUT2D eigenvalue weighted by Crippen LogP contribution is 2.21. The first-order valence-corrected chi connectivity index (χ1v) is 5.79. The third-order valence-corrected chi connectivity index (χ3v) is 3.49. The van der Waals surface area contributed by atoms with Crippen molar-refractivity contribution in [3.05, 3.63) is 11.9 Å². The lowest BCUT2D eigenvalue weighted by Crippen LogP contribution is -2.04. The number of hydrogen-bond acceptors (Lipinski definition) is 2. The summed E-state index contributed by atoms with van der Waals surface area (Å²) in [6.07, 6.45) is 5.04. The standard InChI is InChI=1S/C10H17BrN2O/c1-4-8(11)5-6-9-10(14-3)7-12-13(9)2/h7-8H,4-6H2,1-3H3. The van der Waals surface area contributed by atoms with E-state index < -0.39 is 0 Å². The van der Waals surface area contributed by atoms with E-state index in [-0.39, 0.29) is 0 Å². The van der Waals surface area contributed by atoms with E-state index in [1.54, 1.807) is 13.3 Å². The molecular formula is C10H17BrN2O. The molecule has 80 valence electrons. The Morgan fingerprint density at radius 2 is 2.36 bits per heavy atom. The van der Waals surface area contributed by atoms with Gasteiger partial charge in [0, 0.05) is 11.9 Å². The van der Waals surface area contributed by atoms with E-state index in [0.29, 0.717) is 4.83 Å². The first kappa shape index (κ1) is 11.6. The van der Waals surface area contributed by atoms with Crippen LogP contribution in [0, 0.1) is 0 Å². The highest BCUT2D eigenvalue weighted by atomic mass is 79.9. The van der Waals surface area contributed by atoms with Gasteiger partial charge >= 0.3 is 0 Å². The van der Waals surface area contributed by atoms with E-state index >= 15 is 0 Å². The monoisotopic (exact) mass is 260 g/mol. The zero-order valence-electron chi connectivity index (χ0n) is 8.96. The van der Waals surface area contributed by atoms with Crippen molar-refractivity contribution in [1.82, 2.24) is 9.78 Å². The first-order chi connectivity index (χ1) is 6.69. The number of ether oxygens (including phenoxy) is 1. The SMILES string of the molecule is CCC(Br)CCc1c(OC)cnn1C. The van der Waals surface area contributed by atoms with Gasteiger partial charge in [0.05, 0.1) is 19.0 Å². The Labute approximate surface area is 93.6 Å². The maximum absolute atomic E-state index is 5.23. The van der Waals surface area contributed by atoms with Gasteiger partial charge in [-0.3, -0.25) is 4.68 Å². The minimum Gasteiger partial charge on any atom is -0.493 e. The van der Waals surface area contributed by atoms with Crippen LogP contribution in [0.15, 0.2) is 6.20 Å². The van der Waals surface area contributed by atoms with Gasteiger partial charge in [-0.05, 0) is 19.3 Å². The minimum atomic E-state index is 0.585. The Hall–Kier alpha value is -0.510. The van der Waals surface area contributed by atoms with Gasteiger partial charge < -0.3 is 4.74 Å². The van der Waals surface area contributed by atoms with Crippen molar-refractivity contribution < 1.29 is 4.74 Å². The molecule has 14 heavy (non-hydrogen) atoms. The molecule has 0 spiro atoms. The van der Waals surface area contributed by atoms with Crippen LogP contribution in [0.3, 0.4) is 0 Å². The van der Waals surface area contributed by atoms with Gasteiger partial charge in [0.2, 0.25) is 0 Å². The van der Waals surface area contributed by atoms with E-state index in [1.165, 1.54) is 5.69 Å². The Bertz CT molecular complexity index is 286. The normalized spacial score (nSPS) is 12.9. The molecule has 1 aromatic heterocycles. The summed E-state index contributed by atoms with van der Waals surface area (Å²) in [5, 5.41) is 4.17. The maximum Gasteiger partial charge on any atom is 0.159 e. The van der Waals surface area contributed by atoms with Gasteiger partial charge in [0.25, 0.3) is 0 Å². The molecule has 0 fully saturated rings. The maximum atomic E-state index is 5.23. The van der Waals surface area contributed by atoms with Crippen LogP contribution < -0.4 is 4.74 Å². The molecule has 1 heterocycles. The minimum absolute atomic E-state index is 0.585. The van der Waals surface area contributed by atoms with Crippen molar-refractivity contribution >= 4 is 15.9 Å². The lowest BCUT2D eigenvalue weighted by molar-refractivity contribution is 0.407. The fourth-order valence-corrected chi connectivity index (χ4v) is 1.62. The third kappa shape index (κ3) is 2.74. The number of aryl methyl sites for hydroxylation is 1. The summed E-state index contributed by atoms with van der Waals surface area (Å²) in [4.78, 5) is 0.585. The second kappa shape index (κ2) is 5.39. The largest absolute Gasteiger partial charge is 0.493 e. The summed E-state index contributed by atoms with van der Waals surface area (Å²) in [6.45, 7) is 2.18. The van der Waals surface area contributed by atoms with Gasteiger partial charge in [-0.25, -0.2) is 0 Å². The Morgan fingerprint density at radius 1 is 1.64 bits per heavy atom. The van der Waals surface area contributed by atoms with E-state index in [9.17, 15) is 0 Å². The van der Waals surface area contributed by atoms with Crippen molar-refractivity contribution in [3.63, 3.8) is 0 Å². The average molecular weight is 261 g/mol. The second-order valence-electron chi connectivity index (χ2n) is 3.33. The lowest BCUT2D eigenvalue weighted by Gasteiger charge is -2.08. The van der Waals surface area contributed by atoms with E-state index in [4.69, 9.17) is 4.74 Å². The molecule has 0 amide bonds. The van der Waals surface area contributed by atoms with Crippen LogP contribution >= 0.6 is 15.9 Å². The first-order valence-electron chi connectivity index (χ1n) is 4.88. The topological polar surface area (TPSA) is 27.1 Å². The summed E-state index contributed by atoms with van der Waals surface area (Å²) in [5.74, 6) is 0.892. The quantitative estimate of drug-likeness (QED) is 0.761. The van der Waals surface area contributed by atoms with Crippen LogP contribution in [0.1, 0.15) is 25.5 Å². The number of methoxy groups -OCH3 is 1. The predicted molar refractivity (Wildman–Crippen MR) is 61.1 cm³/mol. The van der Waals surface area contributed by atoms with Crippen molar-refractivity contribution in [2.45, 2.75) is 31.0 Å². The van der Waals surface area contributed by atoms with E-state index in [2.05, 4.69) is 28.0 Å². The number of aromatic nitrogens is 2. The van der Waals surface area contributed by atoms with Crippen molar-refractivity contribution in [2.75, 3.05) is 7.11 Å². The summed E-state index contributed by atoms with van der Waals surface area (Å²) < 4.78 is 7.12. The molecule has 0 saturated heterocycles. The summed E-state index contributed by atoms with van der Waals surface area (Å²) >= 11 is 3.62. The van der Waals surface area contributed by atoms with Crippen LogP contribution in [0.2, 0.25) is 0 Å². The van der Waals surface area contributed by atoms with E-state index in [1.807, 2.05) is 11.7 Å². The van der Waals surface area contributed by atoms with E-state index in [0.717, 1.165) is 25.0 Å². The van der Waals surface area contributed by atoms with Crippen molar-refractivity contribution in [2.24, 2.45) is 7.05 Å². The number of rotatable bonds is 5. The summed E-state index contributed by atoms with van der Waals surface area (Å²) in [6, 6.07) is 0. The predicted octanol–water partition coefficient (Wildman–Crippen LogP) is 2.53. The van der Waals surface area contributed by atoms with Gasteiger partial charge in [0.15, 0.2) is 5.75 Å². The molecule has 1 rings (SSSR count). The Kier molecular flexibility index (Phi) is 4.45. The Morgan fingerprint density at radius 3 is 2.93 bits per heavy atom. The highest BCUT2D eigenvalue weighted by Gasteiger charge is 2.10. The van der Waals surface area contributed by atoms with Crippen molar-refractivity contribution in [1.29, 1.82) is 0 Å². The number of nitrogens with zero attached hydrogens (tertiary/aromatic N) is 2. The Balaban J connectivity index is 2.60. The van der Waals surface area contributed by atoms with Crippen LogP contribution in [0.5, 0.6) is 5.75 Å². The van der Waals surface area contributed by atoms with Crippen molar-refractivity contribution in [3.8, 4) is 5.75 Å². The summed E-state index contributed by atoms with van der Waals surface area (Å²) in [7, 11) is 3.64. The average Bonchev–Trinajstić information content (AvgIpc) is 2.55. The molecular weight excluding hydrogens is 244 g/mol.